The van der Waals surface area contributed by atoms with Gasteiger partial charge in [-0.1, -0.05) is 30.3 Å². The number of carbonyl (C=O) groups excluding carboxylic acids is 1. The van der Waals surface area contributed by atoms with Gasteiger partial charge in [0.05, 0.1) is 6.04 Å². The fourth-order valence-electron chi connectivity index (χ4n) is 3.62. The van der Waals surface area contributed by atoms with Crippen LogP contribution in [0.3, 0.4) is 0 Å². The summed E-state index contributed by atoms with van der Waals surface area (Å²) in [5, 5.41) is 3.02. The van der Waals surface area contributed by atoms with Gasteiger partial charge in [-0.25, -0.2) is 0 Å². The molecular weight excluding hydrogens is 336 g/mol. The van der Waals surface area contributed by atoms with Gasteiger partial charge in [0.1, 0.15) is 0 Å². The standard InChI is InChI=1S/C22H30N4O/c1-18(27)23-17-22(19-9-11-20(12-10-19)24(2)3)26-15-13-25(14-16-26)21-7-5-4-6-8-21/h4-12,22H,13-17H2,1-3H3,(H,23,27)/t22-/m0/s1. The Balaban J connectivity index is 1.71. The lowest BCUT2D eigenvalue weighted by atomic mass is 10.0. The van der Waals surface area contributed by atoms with E-state index in [1.54, 1.807) is 6.92 Å². The van der Waals surface area contributed by atoms with Gasteiger partial charge in [0.15, 0.2) is 0 Å². The van der Waals surface area contributed by atoms with Crippen LogP contribution in [0, 0.1) is 0 Å². The van der Waals surface area contributed by atoms with Gasteiger partial charge in [-0.15, -0.1) is 0 Å². The average Bonchev–Trinajstić information content (AvgIpc) is 2.69. The topological polar surface area (TPSA) is 38.8 Å². The van der Waals surface area contributed by atoms with Gasteiger partial charge in [0.25, 0.3) is 0 Å². The van der Waals surface area contributed by atoms with Gasteiger partial charge in [-0.3, -0.25) is 9.69 Å². The Labute approximate surface area is 162 Å². The number of anilines is 2. The van der Waals surface area contributed by atoms with Crippen LogP contribution in [0.2, 0.25) is 0 Å². The van der Waals surface area contributed by atoms with Crippen LogP contribution < -0.4 is 15.1 Å². The number of benzene rings is 2. The third-order valence-electron chi connectivity index (χ3n) is 5.21. The first-order chi connectivity index (χ1) is 13.0. The van der Waals surface area contributed by atoms with Crippen LogP contribution in [0.4, 0.5) is 11.4 Å². The molecule has 1 saturated heterocycles. The van der Waals surface area contributed by atoms with E-state index < -0.39 is 0 Å². The molecule has 1 amide bonds. The van der Waals surface area contributed by atoms with Crippen molar-refractivity contribution in [3.05, 3.63) is 60.2 Å². The summed E-state index contributed by atoms with van der Waals surface area (Å²) in [7, 11) is 4.10. The summed E-state index contributed by atoms with van der Waals surface area (Å²) in [6.45, 7) is 6.18. The molecule has 0 aliphatic carbocycles. The number of rotatable bonds is 6. The number of nitrogens with one attached hydrogen (secondary N) is 1. The van der Waals surface area contributed by atoms with Crippen molar-refractivity contribution in [1.82, 2.24) is 10.2 Å². The molecule has 1 aliphatic heterocycles. The monoisotopic (exact) mass is 366 g/mol. The molecular formula is C22H30N4O. The number of para-hydroxylation sites is 1. The van der Waals surface area contributed by atoms with E-state index in [4.69, 9.17) is 0 Å². The van der Waals surface area contributed by atoms with E-state index in [-0.39, 0.29) is 11.9 Å². The largest absolute Gasteiger partial charge is 0.378 e. The van der Waals surface area contributed by atoms with Crippen molar-refractivity contribution in [2.45, 2.75) is 13.0 Å². The molecule has 2 aromatic rings. The Morgan fingerprint density at radius 2 is 1.63 bits per heavy atom. The van der Waals surface area contributed by atoms with Crippen LogP contribution in [-0.2, 0) is 4.79 Å². The summed E-state index contributed by atoms with van der Waals surface area (Å²) in [6, 6.07) is 19.4. The second-order valence-electron chi connectivity index (χ2n) is 7.30. The highest BCUT2D eigenvalue weighted by molar-refractivity contribution is 5.72. The molecule has 5 heteroatoms. The molecule has 5 nitrogen and oxygen atoms in total. The second-order valence-corrected chi connectivity index (χ2v) is 7.30. The molecule has 2 aromatic carbocycles. The molecule has 0 spiro atoms. The highest BCUT2D eigenvalue weighted by Gasteiger charge is 2.25. The molecule has 0 bridgehead atoms. The Hall–Kier alpha value is -2.53. The number of carbonyl (C=O) groups is 1. The van der Waals surface area contributed by atoms with E-state index in [2.05, 4.69) is 74.6 Å². The molecule has 3 rings (SSSR count). The first kappa shape index (κ1) is 19.2. The Morgan fingerprint density at radius 1 is 1.00 bits per heavy atom. The van der Waals surface area contributed by atoms with E-state index >= 15 is 0 Å². The Bertz CT molecular complexity index is 722. The number of nitrogens with zero attached hydrogens (tertiary/aromatic N) is 3. The minimum absolute atomic E-state index is 0.0211. The van der Waals surface area contributed by atoms with Gasteiger partial charge in [0, 0.05) is 65.1 Å². The predicted octanol–water partition coefficient (Wildman–Crippen LogP) is 2.75. The van der Waals surface area contributed by atoms with Gasteiger partial charge in [0.2, 0.25) is 5.91 Å². The molecule has 0 unspecified atom stereocenters. The van der Waals surface area contributed by atoms with Crippen LogP contribution >= 0.6 is 0 Å². The minimum Gasteiger partial charge on any atom is -0.378 e. The van der Waals surface area contributed by atoms with E-state index in [9.17, 15) is 4.79 Å². The third kappa shape index (κ3) is 5.01. The number of amides is 1. The third-order valence-corrected chi connectivity index (χ3v) is 5.21. The first-order valence-corrected chi connectivity index (χ1v) is 9.60. The molecule has 27 heavy (non-hydrogen) atoms. The lowest BCUT2D eigenvalue weighted by Gasteiger charge is -2.40. The zero-order valence-electron chi connectivity index (χ0n) is 16.6. The Morgan fingerprint density at radius 3 is 2.19 bits per heavy atom. The van der Waals surface area contributed by atoms with Crippen molar-refractivity contribution < 1.29 is 4.79 Å². The minimum atomic E-state index is 0.0211. The van der Waals surface area contributed by atoms with Crippen molar-refractivity contribution in [1.29, 1.82) is 0 Å². The van der Waals surface area contributed by atoms with Crippen molar-refractivity contribution in [3.63, 3.8) is 0 Å². The molecule has 1 atom stereocenters. The molecule has 0 radical (unpaired) electrons. The number of hydrogen-bond donors (Lipinski definition) is 1. The lowest BCUT2D eigenvalue weighted by molar-refractivity contribution is -0.119. The van der Waals surface area contributed by atoms with Crippen molar-refractivity contribution in [2.75, 3.05) is 56.6 Å². The summed E-state index contributed by atoms with van der Waals surface area (Å²) in [5.74, 6) is 0.0211. The molecule has 144 valence electrons. The van der Waals surface area contributed by atoms with Gasteiger partial charge in [-0.2, -0.15) is 0 Å². The van der Waals surface area contributed by atoms with Crippen LogP contribution in [0.15, 0.2) is 54.6 Å². The van der Waals surface area contributed by atoms with Crippen LogP contribution in [0.25, 0.3) is 0 Å². The predicted molar refractivity (Wildman–Crippen MR) is 112 cm³/mol. The lowest BCUT2D eigenvalue weighted by Crippen LogP contribution is -2.49. The van der Waals surface area contributed by atoms with E-state index in [0.717, 1.165) is 26.2 Å². The smallest absolute Gasteiger partial charge is 0.216 e. The van der Waals surface area contributed by atoms with Crippen molar-refractivity contribution in [2.24, 2.45) is 0 Å². The highest BCUT2D eigenvalue weighted by atomic mass is 16.1. The molecule has 1 aliphatic rings. The summed E-state index contributed by atoms with van der Waals surface area (Å²) < 4.78 is 0. The van der Waals surface area contributed by atoms with Crippen molar-refractivity contribution >= 4 is 17.3 Å². The second kappa shape index (κ2) is 8.91. The van der Waals surface area contributed by atoms with Gasteiger partial charge in [-0.05, 0) is 29.8 Å². The van der Waals surface area contributed by atoms with E-state index in [0.29, 0.717) is 6.54 Å². The normalized spacial score (nSPS) is 16.0. The summed E-state index contributed by atoms with van der Waals surface area (Å²) >= 11 is 0. The first-order valence-electron chi connectivity index (χ1n) is 9.60. The molecule has 0 aromatic heterocycles. The maximum atomic E-state index is 11.5. The van der Waals surface area contributed by atoms with Crippen LogP contribution in [0.1, 0.15) is 18.5 Å². The van der Waals surface area contributed by atoms with E-state index in [1.165, 1.54) is 16.9 Å². The number of hydrogen-bond acceptors (Lipinski definition) is 4. The zero-order valence-corrected chi connectivity index (χ0v) is 16.6. The maximum Gasteiger partial charge on any atom is 0.216 e. The quantitative estimate of drug-likeness (QED) is 0.853. The fourth-order valence-corrected chi connectivity index (χ4v) is 3.62. The van der Waals surface area contributed by atoms with Gasteiger partial charge < -0.3 is 15.1 Å². The van der Waals surface area contributed by atoms with Crippen LogP contribution in [-0.4, -0.2) is 57.6 Å². The number of piperazine rings is 1. The average molecular weight is 367 g/mol. The van der Waals surface area contributed by atoms with Crippen LogP contribution in [0.5, 0.6) is 0 Å². The molecule has 1 fully saturated rings. The summed E-state index contributed by atoms with van der Waals surface area (Å²) in [6.07, 6.45) is 0. The van der Waals surface area contributed by atoms with Crippen molar-refractivity contribution in [3.8, 4) is 0 Å². The SMILES string of the molecule is CC(=O)NC[C@@H](c1ccc(N(C)C)cc1)N1CCN(c2ccccc2)CC1. The Kier molecular flexibility index (Phi) is 6.35. The summed E-state index contributed by atoms with van der Waals surface area (Å²) in [5.41, 5.74) is 3.72. The molecule has 0 saturated carbocycles. The zero-order chi connectivity index (χ0) is 19.2. The highest BCUT2D eigenvalue weighted by Crippen LogP contribution is 2.25. The van der Waals surface area contributed by atoms with E-state index in [1.807, 2.05) is 14.1 Å². The molecule has 1 heterocycles. The molecule has 1 N–H and O–H groups in total. The fraction of sp³-hybridized carbons (Fsp3) is 0.409. The van der Waals surface area contributed by atoms with Gasteiger partial charge >= 0.3 is 0 Å². The maximum absolute atomic E-state index is 11.5. The summed E-state index contributed by atoms with van der Waals surface area (Å²) in [4.78, 5) is 18.5.